The minimum atomic E-state index is -3.89. The molecule has 0 aliphatic heterocycles. The van der Waals surface area contributed by atoms with E-state index in [4.69, 9.17) is 4.74 Å². The van der Waals surface area contributed by atoms with E-state index in [0.717, 1.165) is 14.3 Å². The van der Waals surface area contributed by atoms with E-state index < -0.39 is 10.0 Å². The summed E-state index contributed by atoms with van der Waals surface area (Å²) in [5, 5.41) is 2.77. The maximum atomic E-state index is 13.2. The number of benzene rings is 2. The Kier molecular flexibility index (Phi) is 8.67. The molecule has 0 heterocycles. The first-order valence-corrected chi connectivity index (χ1v) is 11.7. The number of ether oxygens (including phenoxy) is 1. The van der Waals surface area contributed by atoms with E-state index in [1.165, 1.54) is 0 Å². The average molecular weight is 483 g/mol. The van der Waals surface area contributed by atoms with Gasteiger partial charge in [0.05, 0.1) is 16.7 Å². The molecule has 0 aromatic heterocycles. The van der Waals surface area contributed by atoms with E-state index in [1.54, 1.807) is 48.5 Å². The van der Waals surface area contributed by atoms with Gasteiger partial charge in [-0.25, -0.2) is 8.42 Å². The highest BCUT2D eigenvalue weighted by Gasteiger charge is 2.27. The van der Waals surface area contributed by atoms with Crippen LogP contribution in [0.3, 0.4) is 0 Å². The van der Waals surface area contributed by atoms with Gasteiger partial charge in [0, 0.05) is 17.6 Å². The van der Waals surface area contributed by atoms with Gasteiger partial charge in [0.15, 0.2) is 0 Å². The van der Waals surface area contributed by atoms with Gasteiger partial charge in [0.25, 0.3) is 10.0 Å². The normalized spacial score (nSPS) is 11.5. The number of aryl methyl sites for hydroxylation is 1. The van der Waals surface area contributed by atoms with Crippen LogP contribution in [0.1, 0.15) is 25.8 Å². The fraction of sp³-hybridized carbons (Fsp3) is 0.381. The number of sulfonamides is 1. The Hall–Kier alpha value is -1.90. The topological polar surface area (TPSA) is 75.7 Å². The number of amides is 1. The number of rotatable bonds is 10. The molecule has 0 aliphatic rings. The smallest absolute Gasteiger partial charge is 0.264 e. The van der Waals surface area contributed by atoms with Crippen LogP contribution in [-0.2, 0) is 19.6 Å². The second-order valence-electron chi connectivity index (χ2n) is 6.92. The average Bonchev–Trinajstić information content (AvgIpc) is 2.66. The molecule has 0 saturated heterocycles. The van der Waals surface area contributed by atoms with Gasteiger partial charge in [-0.15, -0.1) is 0 Å². The predicted octanol–water partition coefficient (Wildman–Crippen LogP) is 3.88. The van der Waals surface area contributed by atoms with Crippen molar-refractivity contribution >= 4 is 37.5 Å². The second kappa shape index (κ2) is 10.8. The fourth-order valence-electron chi connectivity index (χ4n) is 2.57. The van der Waals surface area contributed by atoms with Crippen molar-refractivity contribution in [3.63, 3.8) is 0 Å². The monoisotopic (exact) mass is 482 g/mol. The minimum Gasteiger partial charge on any atom is -0.379 e. The molecule has 2 aromatic carbocycles. The maximum absolute atomic E-state index is 13.2. The van der Waals surface area contributed by atoms with Crippen molar-refractivity contribution in [2.45, 2.75) is 38.2 Å². The zero-order valence-electron chi connectivity index (χ0n) is 16.9. The molecular formula is C21H27BrN2O4S. The first kappa shape index (κ1) is 23.4. The van der Waals surface area contributed by atoms with Crippen LogP contribution in [0, 0.1) is 6.92 Å². The zero-order chi connectivity index (χ0) is 21.4. The molecule has 0 spiro atoms. The number of anilines is 1. The van der Waals surface area contributed by atoms with Crippen LogP contribution in [0.15, 0.2) is 57.9 Å². The Morgan fingerprint density at radius 1 is 1.10 bits per heavy atom. The number of halogens is 1. The van der Waals surface area contributed by atoms with E-state index in [1.807, 2.05) is 20.8 Å². The van der Waals surface area contributed by atoms with E-state index in [2.05, 4.69) is 21.2 Å². The summed E-state index contributed by atoms with van der Waals surface area (Å²) in [6, 6.07) is 13.4. The van der Waals surface area contributed by atoms with Crippen LogP contribution in [0.4, 0.5) is 5.69 Å². The fourth-order valence-corrected chi connectivity index (χ4v) is 4.25. The molecule has 0 aliphatic carbocycles. The third kappa shape index (κ3) is 7.13. The number of nitrogens with one attached hydrogen (secondary N) is 1. The van der Waals surface area contributed by atoms with E-state index in [-0.39, 0.29) is 23.5 Å². The third-order valence-corrected chi connectivity index (χ3v) is 6.42. The largest absolute Gasteiger partial charge is 0.379 e. The summed E-state index contributed by atoms with van der Waals surface area (Å²) in [6.45, 7) is 6.44. The molecule has 2 rings (SSSR count). The number of nitrogens with zero attached hydrogens (tertiary/aromatic N) is 1. The van der Waals surface area contributed by atoms with Crippen molar-refractivity contribution in [1.82, 2.24) is 5.32 Å². The standard InChI is InChI=1S/C21H27BrN2O4S/c1-16(2)28-14-4-13-23-21(25)15-24(19-9-7-18(22)8-10-19)29(26,27)20-11-5-17(3)6-12-20/h5-12,16H,4,13-15H2,1-3H3,(H,23,25). The zero-order valence-corrected chi connectivity index (χ0v) is 19.3. The van der Waals surface area contributed by atoms with Crippen molar-refractivity contribution in [3.05, 3.63) is 58.6 Å². The maximum Gasteiger partial charge on any atom is 0.264 e. The van der Waals surface area contributed by atoms with Gasteiger partial charge in [-0.05, 0) is 63.6 Å². The van der Waals surface area contributed by atoms with E-state index in [0.29, 0.717) is 25.3 Å². The summed E-state index contributed by atoms with van der Waals surface area (Å²) in [5.41, 5.74) is 1.38. The molecule has 0 atom stereocenters. The third-order valence-electron chi connectivity index (χ3n) is 4.11. The highest BCUT2D eigenvalue weighted by atomic mass is 79.9. The van der Waals surface area contributed by atoms with Gasteiger partial charge >= 0.3 is 0 Å². The molecule has 1 N–H and O–H groups in total. The first-order valence-electron chi connectivity index (χ1n) is 9.43. The Morgan fingerprint density at radius 2 is 1.72 bits per heavy atom. The Bertz CT molecular complexity index is 897. The van der Waals surface area contributed by atoms with Gasteiger partial charge in [0.2, 0.25) is 5.91 Å². The number of carbonyl (C=O) groups excluding carboxylic acids is 1. The van der Waals surface area contributed by atoms with Crippen LogP contribution in [0.25, 0.3) is 0 Å². The molecule has 6 nitrogen and oxygen atoms in total. The summed E-state index contributed by atoms with van der Waals surface area (Å²) in [5.74, 6) is -0.367. The highest BCUT2D eigenvalue weighted by molar-refractivity contribution is 9.10. The lowest BCUT2D eigenvalue weighted by molar-refractivity contribution is -0.119. The number of hydrogen-bond acceptors (Lipinski definition) is 4. The van der Waals surface area contributed by atoms with Crippen LogP contribution < -0.4 is 9.62 Å². The van der Waals surface area contributed by atoms with Crippen LogP contribution in [0.2, 0.25) is 0 Å². The minimum absolute atomic E-state index is 0.137. The van der Waals surface area contributed by atoms with E-state index >= 15 is 0 Å². The Labute approximate surface area is 181 Å². The molecule has 2 aromatic rings. The van der Waals surface area contributed by atoms with Crippen molar-refractivity contribution in [3.8, 4) is 0 Å². The predicted molar refractivity (Wildman–Crippen MR) is 119 cm³/mol. The number of carbonyl (C=O) groups is 1. The quantitative estimate of drug-likeness (QED) is 0.521. The van der Waals surface area contributed by atoms with E-state index in [9.17, 15) is 13.2 Å². The van der Waals surface area contributed by atoms with Crippen molar-refractivity contribution in [2.24, 2.45) is 0 Å². The van der Waals surface area contributed by atoms with Crippen molar-refractivity contribution in [2.75, 3.05) is 24.0 Å². The molecule has 158 valence electrons. The van der Waals surface area contributed by atoms with Gasteiger partial charge in [-0.1, -0.05) is 33.6 Å². The van der Waals surface area contributed by atoms with Crippen LogP contribution in [0.5, 0.6) is 0 Å². The number of hydrogen-bond donors (Lipinski definition) is 1. The lowest BCUT2D eigenvalue weighted by Crippen LogP contribution is -2.41. The summed E-state index contributed by atoms with van der Waals surface area (Å²) < 4.78 is 33.9. The molecular weight excluding hydrogens is 456 g/mol. The van der Waals surface area contributed by atoms with Crippen molar-refractivity contribution < 1.29 is 17.9 Å². The molecule has 0 saturated carbocycles. The molecule has 8 heteroatoms. The highest BCUT2D eigenvalue weighted by Crippen LogP contribution is 2.25. The lowest BCUT2D eigenvalue weighted by atomic mass is 10.2. The summed E-state index contributed by atoms with van der Waals surface area (Å²) in [4.78, 5) is 12.6. The summed E-state index contributed by atoms with van der Waals surface area (Å²) in [6.07, 6.45) is 0.797. The van der Waals surface area contributed by atoms with Gasteiger partial charge in [0.1, 0.15) is 6.54 Å². The SMILES string of the molecule is Cc1ccc(S(=O)(=O)N(CC(=O)NCCCOC(C)C)c2ccc(Br)cc2)cc1. The molecule has 0 radical (unpaired) electrons. The van der Waals surface area contributed by atoms with Crippen LogP contribution in [-0.4, -0.2) is 40.1 Å². The Morgan fingerprint density at radius 3 is 2.31 bits per heavy atom. The molecule has 0 bridgehead atoms. The van der Waals surface area contributed by atoms with Gasteiger partial charge in [-0.3, -0.25) is 9.10 Å². The second-order valence-corrected chi connectivity index (χ2v) is 9.70. The van der Waals surface area contributed by atoms with Gasteiger partial charge in [-0.2, -0.15) is 0 Å². The lowest BCUT2D eigenvalue weighted by Gasteiger charge is -2.24. The molecule has 0 unspecified atom stereocenters. The Balaban J connectivity index is 2.16. The van der Waals surface area contributed by atoms with Crippen LogP contribution >= 0.6 is 15.9 Å². The first-order chi connectivity index (χ1) is 13.7. The van der Waals surface area contributed by atoms with Crippen molar-refractivity contribution in [1.29, 1.82) is 0 Å². The molecule has 1 amide bonds. The molecule has 29 heavy (non-hydrogen) atoms. The molecule has 0 fully saturated rings. The summed E-state index contributed by atoms with van der Waals surface area (Å²) >= 11 is 3.35. The summed E-state index contributed by atoms with van der Waals surface area (Å²) in [7, 11) is -3.89. The van der Waals surface area contributed by atoms with Gasteiger partial charge < -0.3 is 10.1 Å².